The van der Waals surface area contributed by atoms with E-state index in [1.807, 2.05) is 32.9 Å². The number of benzene rings is 2. The van der Waals surface area contributed by atoms with Crippen molar-refractivity contribution in [1.29, 1.82) is 0 Å². The Morgan fingerprint density at radius 3 is 2.11 bits per heavy atom. The van der Waals surface area contributed by atoms with Crippen molar-refractivity contribution in [3.63, 3.8) is 0 Å². The monoisotopic (exact) mass is 389 g/mol. The summed E-state index contributed by atoms with van der Waals surface area (Å²) in [5.74, 6) is 0.0241. The predicted octanol–water partition coefficient (Wildman–Crippen LogP) is 2.85. The van der Waals surface area contributed by atoms with Crippen LogP contribution >= 0.6 is 0 Å². The van der Waals surface area contributed by atoms with Crippen LogP contribution in [-0.4, -0.2) is 45.0 Å². The molecule has 0 saturated carbocycles. The first-order valence-electron chi connectivity index (χ1n) is 8.77. The summed E-state index contributed by atoms with van der Waals surface area (Å²) in [5, 5.41) is 0. The third-order valence-electron chi connectivity index (χ3n) is 4.50. The fourth-order valence-electron chi connectivity index (χ4n) is 3.18. The number of morpholine rings is 1. The molecule has 0 atom stereocenters. The van der Waals surface area contributed by atoms with Crippen LogP contribution < -0.4 is 4.74 Å². The number of aryl methyl sites for hydroxylation is 3. The van der Waals surface area contributed by atoms with E-state index in [4.69, 9.17) is 9.47 Å². The van der Waals surface area contributed by atoms with Crippen LogP contribution in [-0.2, 0) is 14.8 Å². The summed E-state index contributed by atoms with van der Waals surface area (Å²) in [6, 6.07) is 9.75. The average Bonchev–Trinajstić information content (AvgIpc) is 2.65. The van der Waals surface area contributed by atoms with Crippen molar-refractivity contribution in [3.8, 4) is 5.75 Å². The molecule has 2 aromatic carbocycles. The van der Waals surface area contributed by atoms with Gasteiger partial charge in [0.05, 0.1) is 23.7 Å². The fourth-order valence-corrected chi connectivity index (χ4v) is 4.59. The van der Waals surface area contributed by atoms with Crippen LogP contribution in [0.1, 0.15) is 27.0 Å². The van der Waals surface area contributed by atoms with Gasteiger partial charge in [-0.25, -0.2) is 13.2 Å². The summed E-state index contributed by atoms with van der Waals surface area (Å²) in [6.07, 6.45) is 0. The molecule has 1 aliphatic rings. The third kappa shape index (κ3) is 4.21. The summed E-state index contributed by atoms with van der Waals surface area (Å²) in [7, 11) is -3.58. The number of carbonyl (C=O) groups is 1. The molecule has 0 aromatic heterocycles. The molecule has 27 heavy (non-hydrogen) atoms. The van der Waals surface area contributed by atoms with E-state index in [0.29, 0.717) is 37.6 Å². The van der Waals surface area contributed by atoms with Gasteiger partial charge in [0.25, 0.3) is 0 Å². The summed E-state index contributed by atoms with van der Waals surface area (Å²) < 4.78 is 37.4. The molecule has 1 heterocycles. The highest BCUT2D eigenvalue weighted by Crippen LogP contribution is 2.26. The molecule has 0 spiro atoms. The van der Waals surface area contributed by atoms with E-state index >= 15 is 0 Å². The van der Waals surface area contributed by atoms with Crippen LogP contribution in [0.2, 0.25) is 0 Å². The lowest BCUT2D eigenvalue weighted by Crippen LogP contribution is -2.40. The van der Waals surface area contributed by atoms with Gasteiger partial charge >= 0.3 is 5.97 Å². The van der Waals surface area contributed by atoms with Crippen molar-refractivity contribution in [1.82, 2.24) is 4.31 Å². The second kappa shape index (κ2) is 7.80. The van der Waals surface area contributed by atoms with Crippen molar-refractivity contribution in [3.05, 3.63) is 58.7 Å². The maximum absolute atomic E-state index is 12.6. The Labute approximate surface area is 159 Å². The highest BCUT2D eigenvalue weighted by Gasteiger charge is 2.26. The van der Waals surface area contributed by atoms with Crippen molar-refractivity contribution in [2.75, 3.05) is 26.3 Å². The zero-order chi connectivity index (χ0) is 19.6. The minimum absolute atomic E-state index is 0.156. The molecule has 0 amide bonds. The molecular formula is C20H23NO5S. The van der Waals surface area contributed by atoms with Crippen molar-refractivity contribution in [2.45, 2.75) is 25.7 Å². The van der Waals surface area contributed by atoms with Crippen molar-refractivity contribution < 1.29 is 22.7 Å². The van der Waals surface area contributed by atoms with Crippen LogP contribution in [0, 0.1) is 20.8 Å². The molecule has 1 saturated heterocycles. The second-order valence-electron chi connectivity index (χ2n) is 6.66. The van der Waals surface area contributed by atoms with E-state index in [1.165, 1.54) is 28.6 Å². The second-order valence-corrected chi connectivity index (χ2v) is 8.60. The zero-order valence-electron chi connectivity index (χ0n) is 15.7. The number of rotatable bonds is 4. The number of sulfonamides is 1. The van der Waals surface area contributed by atoms with E-state index < -0.39 is 16.0 Å². The smallest absolute Gasteiger partial charge is 0.343 e. The van der Waals surface area contributed by atoms with Gasteiger partial charge in [-0.1, -0.05) is 17.7 Å². The van der Waals surface area contributed by atoms with Gasteiger partial charge < -0.3 is 9.47 Å². The highest BCUT2D eigenvalue weighted by atomic mass is 32.2. The van der Waals surface area contributed by atoms with Gasteiger partial charge in [-0.3, -0.25) is 0 Å². The summed E-state index contributed by atoms with van der Waals surface area (Å²) in [6.45, 7) is 7.20. The molecule has 0 radical (unpaired) electrons. The Kier molecular flexibility index (Phi) is 5.64. The van der Waals surface area contributed by atoms with Gasteiger partial charge in [0.15, 0.2) is 0 Å². The summed E-state index contributed by atoms with van der Waals surface area (Å²) in [4.78, 5) is 12.6. The Morgan fingerprint density at radius 1 is 1.00 bits per heavy atom. The molecule has 2 aromatic rings. The Bertz CT molecular complexity index is 922. The van der Waals surface area contributed by atoms with E-state index in [0.717, 1.165) is 16.7 Å². The molecule has 1 fully saturated rings. The van der Waals surface area contributed by atoms with Gasteiger partial charge in [0, 0.05) is 13.1 Å². The predicted molar refractivity (Wildman–Crippen MR) is 102 cm³/mol. The molecule has 144 valence electrons. The minimum atomic E-state index is -3.58. The first-order valence-corrected chi connectivity index (χ1v) is 10.2. The normalized spacial score (nSPS) is 15.5. The zero-order valence-corrected chi connectivity index (χ0v) is 16.5. The van der Waals surface area contributed by atoms with E-state index in [1.54, 1.807) is 0 Å². The average molecular weight is 389 g/mol. The van der Waals surface area contributed by atoms with Crippen LogP contribution in [0.3, 0.4) is 0 Å². The topological polar surface area (TPSA) is 72.9 Å². The first kappa shape index (κ1) is 19.5. The molecule has 1 aliphatic heterocycles. The van der Waals surface area contributed by atoms with Crippen LogP contribution in [0.15, 0.2) is 41.3 Å². The number of hydrogen-bond acceptors (Lipinski definition) is 5. The number of ether oxygens (including phenoxy) is 2. The van der Waals surface area contributed by atoms with Gasteiger partial charge in [0.2, 0.25) is 10.0 Å². The van der Waals surface area contributed by atoms with E-state index in [9.17, 15) is 13.2 Å². The minimum Gasteiger partial charge on any atom is -0.422 e. The third-order valence-corrected chi connectivity index (χ3v) is 6.41. The standard InChI is InChI=1S/C20H23NO5S/c1-14-12-15(2)19(16(3)13-14)26-20(22)17-4-6-18(7-5-17)27(23,24)21-8-10-25-11-9-21/h4-7,12-13H,8-11H2,1-3H3. The molecule has 0 aliphatic carbocycles. The van der Waals surface area contributed by atoms with Gasteiger partial charge in [-0.05, 0) is 56.2 Å². The number of carbonyl (C=O) groups excluding carboxylic acids is 1. The highest BCUT2D eigenvalue weighted by molar-refractivity contribution is 7.89. The Balaban J connectivity index is 1.78. The van der Waals surface area contributed by atoms with Crippen LogP contribution in [0.4, 0.5) is 0 Å². The van der Waals surface area contributed by atoms with Gasteiger partial charge in [0.1, 0.15) is 5.75 Å². The molecule has 0 unspecified atom stereocenters. The van der Waals surface area contributed by atoms with Gasteiger partial charge in [-0.2, -0.15) is 4.31 Å². The van der Waals surface area contributed by atoms with Crippen LogP contribution in [0.25, 0.3) is 0 Å². The number of esters is 1. The number of hydrogen-bond donors (Lipinski definition) is 0. The Morgan fingerprint density at radius 2 is 1.56 bits per heavy atom. The molecular weight excluding hydrogens is 366 g/mol. The maximum atomic E-state index is 12.6. The van der Waals surface area contributed by atoms with E-state index in [-0.39, 0.29) is 4.90 Å². The Hall–Kier alpha value is -2.22. The largest absolute Gasteiger partial charge is 0.422 e. The summed E-state index contributed by atoms with van der Waals surface area (Å²) in [5.41, 5.74) is 3.16. The molecule has 7 heteroatoms. The molecule has 6 nitrogen and oxygen atoms in total. The first-order chi connectivity index (χ1) is 12.8. The SMILES string of the molecule is Cc1cc(C)c(OC(=O)c2ccc(S(=O)(=O)N3CCOCC3)cc2)c(C)c1. The fraction of sp³-hybridized carbons (Fsp3) is 0.350. The quantitative estimate of drug-likeness (QED) is 0.594. The molecule has 0 N–H and O–H groups in total. The van der Waals surface area contributed by atoms with Crippen LogP contribution in [0.5, 0.6) is 5.75 Å². The lowest BCUT2D eigenvalue weighted by molar-refractivity contribution is 0.0730. The van der Waals surface area contributed by atoms with Crippen molar-refractivity contribution in [2.24, 2.45) is 0 Å². The summed E-state index contributed by atoms with van der Waals surface area (Å²) >= 11 is 0. The van der Waals surface area contributed by atoms with Gasteiger partial charge in [-0.15, -0.1) is 0 Å². The van der Waals surface area contributed by atoms with E-state index in [2.05, 4.69) is 0 Å². The molecule has 0 bridgehead atoms. The number of nitrogens with zero attached hydrogens (tertiary/aromatic N) is 1. The lowest BCUT2D eigenvalue weighted by Gasteiger charge is -2.26. The lowest BCUT2D eigenvalue weighted by atomic mass is 10.1. The molecule has 3 rings (SSSR count). The maximum Gasteiger partial charge on any atom is 0.343 e. The van der Waals surface area contributed by atoms with Crippen molar-refractivity contribution >= 4 is 16.0 Å².